The van der Waals surface area contributed by atoms with E-state index in [0.29, 0.717) is 15.1 Å². The van der Waals surface area contributed by atoms with E-state index >= 15 is 0 Å². The fourth-order valence-electron chi connectivity index (χ4n) is 1.33. The summed E-state index contributed by atoms with van der Waals surface area (Å²) in [6.45, 7) is 0. The smallest absolute Gasteiger partial charge is 0.0426 e. The summed E-state index contributed by atoms with van der Waals surface area (Å²) in [5, 5.41) is 1.86. The predicted octanol–water partition coefficient (Wildman–Crippen LogP) is 5.11. The standard InChI is InChI=1S/C12H6Cl3/c13-10-3-1-2-8(4-10)9-5-11(14)7-12(15)6-9/h2-7H. The monoisotopic (exact) mass is 255 g/mol. The van der Waals surface area contributed by atoms with Crippen LogP contribution in [0.2, 0.25) is 15.1 Å². The molecular formula is C12H6Cl3. The van der Waals surface area contributed by atoms with Gasteiger partial charge in [0.25, 0.3) is 0 Å². The molecule has 2 rings (SSSR count). The molecular weight excluding hydrogens is 250 g/mol. The SMILES string of the molecule is Clc1c[c]cc(-c2cc(Cl)cc(Cl)c2)c1. The lowest BCUT2D eigenvalue weighted by atomic mass is 10.1. The van der Waals surface area contributed by atoms with Crippen LogP contribution in [0.15, 0.2) is 36.4 Å². The average Bonchev–Trinajstić information content (AvgIpc) is 2.16. The van der Waals surface area contributed by atoms with Gasteiger partial charge in [-0.3, -0.25) is 0 Å². The molecule has 0 amide bonds. The van der Waals surface area contributed by atoms with E-state index < -0.39 is 0 Å². The number of rotatable bonds is 1. The number of hydrogen-bond acceptors (Lipinski definition) is 0. The Bertz CT molecular complexity index is 472. The van der Waals surface area contributed by atoms with Crippen LogP contribution in [0.3, 0.4) is 0 Å². The first kappa shape index (κ1) is 10.8. The molecule has 0 aliphatic carbocycles. The van der Waals surface area contributed by atoms with Crippen molar-refractivity contribution in [3.63, 3.8) is 0 Å². The summed E-state index contributed by atoms with van der Waals surface area (Å²) in [4.78, 5) is 0. The van der Waals surface area contributed by atoms with Gasteiger partial charge >= 0.3 is 0 Å². The van der Waals surface area contributed by atoms with Gasteiger partial charge in [-0.25, -0.2) is 0 Å². The summed E-state index contributed by atoms with van der Waals surface area (Å²) in [6, 6.07) is 13.7. The average molecular weight is 257 g/mol. The van der Waals surface area contributed by atoms with Gasteiger partial charge < -0.3 is 0 Å². The molecule has 3 heteroatoms. The van der Waals surface area contributed by atoms with Crippen LogP contribution in [0.1, 0.15) is 0 Å². The van der Waals surface area contributed by atoms with Crippen molar-refractivity contribution in [2.24, 2.45) is 0 Å². The van der Waals surface area contributed by atoms with Crippen LogP contribution in [-0.4, -0.2) is 0 Å². The van der Waals surface area contributed by atoms with Crippen LogP contribution < -0.4 is 0 Å². The van der Waals surface area contributed by atoms with Gasteiger partial charge in [0, 0.05) is 15.1 Å². The molecule has 2 aromatic rings. The van der Waals surface area contributed by atoms with Crippen molar-refractivity contribution in [2.75, 3.05) is 0 Å². The fourth-order valence-corrected chi connectivity index (χ4v) is 2.04. The largest absolute Gasteiger partial charge is 0.0843 e. The van der Waals surface area contributed by atoms with Gasteiger partial charge in [0.15, 0.2) is 0 Å². The maximum atomic E-state index is 5.91. The topological polar surface area (TPSA) is 0 Å². The molecule has 0 N–H and O–H groups in total. The van der Waals surface area contributed by atoms with E-state index in [1.165, 1.54) is 0 Å². The van der Waals surface area contributed by atoms with Crippen molar-refractivity contribution in [3.05, 3.63) is 57.5 Å². The zero-order valence-electron chi connectivity index (χ0n) is 7.60. The molecule has 1 radical (unpaired) electrons. The minimum Gasteiger partial charge on any atom is -0.0843 e. The second-order valence-corrected chi connectivity index (χ2v) is 4.41. The Hall–Kier alpha value is -0.690. The third kappa shape index (κ3) is 2.66. The maximum absolute atomic E-state index is 5.91. The van der Waals surface area contributed by atoms with Crippen molar-refractivity contribution in [3.8, 4) is 11.1 Å². The molecule has 0 aliphatic heterocycles. The second-order valence-electron chi connectivity index (χ2n) is 3.10. The van der Waals surface area contributed by atoms with Gasteiger partial charge in [-0.15, -0.1) is 0 Å². The summed E-state index contributed by atoms with van der Waals surface area (Å²) in [5.41, 5.74) is 1.89. The summed E-state index contributed by atoms with van der Waals surface area (Å²) >= 11 is 17.7. The summed E-state index contributed by atoms with van der Waals surface area (Å²) in [6.07, 6.45) is 0. The van der Waals surface area contributed by atoms with Crippen LogP contribution in [0.4, 0.5) is 0 Å². The predicted molar refractivity (Wildman–Crippen MR) is 65.7 cm³/mol. The number of halogens is 3. The quantitative estimate of drug-likeness (QED) is 0.665. The van der Waals surface area contributed by atoms with E-state index in [1.807, 2.05) is 24.3 Å². The van der Waals surface area contributed by atoms with Gasteiger partial charge in [0.05, 0.1) is 0 Å². The summed E-state index contributed by atoms with van der Waals surface area (Å²) in [5.74, 6) is 0. The van der Waals surface area contributed by atoms with E-state index in [9.17, 15) is 0 Å². The third-order valence-corrected chi connectivity index (χ3v) is 2.60. The molecule has 0 saturated carbocycles. The lowest BCUT2D eigenvalue weighted by molar-refractivity contribution is 1.61. The van der Waals surface area contributed by atoms with Gasteiger partial charge in [-0.2, -0.15) is 0 Å². The molecule has 0 nitrogen and oxygen atoms in total. The van der Waals surface area contributed by atoms with Crippen molar-refractivity contribution in [1.82, 2.24) is 0 Å². The number of benzene rings is 2. The highest BCUT2D eigenvalue weighted by molar-refractivity contribution is 6.35. The zero-order valence-corrected chi connectivity index (χ0v) is 9.87. The van der Waals surface area contributed by atoms with Crippen LogP contribution in [-0.2, 0) is 0 Å². The molecule has 0 saturated heterocycles. The zero-order chi connectivity index (χ0) is 10.8. The second kappa shape index (κ2) is 4.44. The van der Waals surface area contributed by atoms with Gasteiger partial charge in [-0.05, 0) is 53.6 Å². The highest BCUT2D eigenvalue weighted by Crippen LogP contribution is 2.28. The first-order chi connectivity index (χ1) is 7.15. The molecule has 0 aliphatic rings. The first-order valence-corrected chi connectivity index (χ1v) is 5.41. The van der Waals surface area contributed by atoms with Crippen LogP contribution in [0.25, 0.3) is 11.1 Å². The normalized spacial score (nSPS) is 10.3. The Morgan fingerprint density at radius 2 is 1.27 bits per heavy atom. The lowest BCUT2D eigenvalue weighted by Crippen LogP contribution is -1.78. The van der Waals surface area contributed by atoms with Crippen molar-refractivity contribution >= 4 is 34.8 Å². The molecule has 0 heterocycles. The Balaban J connectivity index is 2.54. The summed E-state index contributed by atoms with van der Waals surface area (Å²) < 4.78 is 0. The minimum absolute atomic E-state index is 0.609. The fraction of sp³-hybridized carbons (Fsp3) is 0. The molecule has 0 fully saturated rings. The van der Waals surface area contributed by atoms with Crippen LogP contribution in [0, 0.1) is 6.07 Å². The molecule has 15 heavy (non-hydrogen) atoms. The van der Waals surface area contributed by atoms with E-state index in [2.05, 4.69) is 6.07 Å². The molecule has 0 bridgehead atoms. The Morgan fingerprint density at radius 3 is 1.87 bits per heavy atom. The first-order valence-electron chi connectivity index (χ1n) is 4.28. The minimum atomic E-state index is 0.609. The molecule has 0 unspecified atom stereocenters. The van der Waals surface area contributed by atoms with E-state index in [4.69, 9.17) is 34.8 Å². The van der Waals surface area contributed by atoms with Crippen molar-refractivity contribution < 1.29 is 0 Å². The van der Waals surface area contributed by atoms with Gasteiger partial charge in [-0.1, -0.05) is 34.8 Å². The van der Waals surface area contributed by atoms with E-state index in [1.54, 1.807) is 12.1 Å². The lowest BCUT2D eigenvalue weighted by Gasteiger charge is -2.03. The van der Waals surface area contributed by atoms with E-state index in [-0.39, 0.29) is 0 Å². The van der Waals surface area contributed by atoms with Crippen molar-refractivity contribution in [1.29, 1.82) is 0 Å². The molecule has 0 atom stereocenters. The highest BCUT2D eigenvalue weighted by Gasteiger charge is 2.01. The number of hydrogen-bond donors (Lipinski definition) is 0. The molecule has 0 spiro atoms. The Morgan fingerprint density at radius 1 is 0.667 bits per heavy atom. The van der Waals surface area contributed by atoms with Crippen molar-refractivity contribution in [2.45, 2.75) is 0 Å². The summed E-state index contributed by atoms with van der Waals surface area (Å²) in [7, 11) is 0. The molecule has 2 aromatic carbocycles. The third-order valence-electron chi connectivity index (χ3n) is 1.95. The highest BCUT2D eigenvalue weighted by atomic mass is 35.5. The van der Waals surface area contributed by atoms with Gasteiger partial charge in [0.1, 0.15) is 0 Å². The van der Waals surface area contributed by atoms with Crippen LogP contribution in [0.5, 0.6) is 0 Å². The maximum Gasteiger partial charge on any atom is 0.0426 e. The van der Waals surface area contributed by atoms with E-state index in [0.717, 1.165) is 11.1 Å². The Kier molecular flexibility index (Phi) is 3.20. The molecule has 75 valence electrons. The van der Waals surface area contributed by atoms with Crippen LogP contribution >= 0.6 is 34.8 Å². The Labute approximate surface area is 103 Å². The van der Waals surface area contributed by atoms with Gasteiger partial charge in [0.2, 0.25) is 0 Å². The molecule has 0 aromatic heterocycles.